The molecule has 4 heteroatoms. The second-order valence-electron chi connectivity index (χ2n) is 3.87. The van der Waals surface area contributed by atoms with Crippen LogP contribution in [0.2, 0.25) is 0 Å². The Morgan fingerprint density at radius 1 is 1.62 bits per heavy atom. The first-order chi connectivity index (χ1) is 7.56. The Kier molecular flexibility index (Phi) is 4.28. The number of aromatic nitrogens is 2. The summed E-state index contributed by atoms with van der Waals surface area (Å²) in [6.45, 7) is 8.07. The van der Waals surface area contributed by atoms with Crippen LogP contribution >= 0.6 is 0 Å². The van der Waals surface area contributed by atoms with Gasteiger partial charge in [-0.15, -0.1) is 0 Å². The van der Waals surface area contributed by atoms with Crippen molar-refractivity contribution in [3.63, 3.8) is 0 Å². The van der Waals surface area contributed by atoms with Gasteiger partial charge in [0.15, 0.2) is 0 Å². The number of hydrogen-bond acceptors (Lipinski definition) is 3. The molecule has 0 bridgehead atoms. The molecule has 1 aromatic rings. The molecule has 0 aliphatic rings. The molecule has 0 amide bonds. The van der Waals surface area contributed by atoms with Crippen molar-refractivity contribution in [1.29, 1.82) is 0 Å². The van der Waals surface area contributed by atoms with E-state index in [1.165, 1.54) is 0 Å². The van der Waals surface area contributed by atoms with Crippen LogP contribution in [0.3, 0.4) is 0 Å². The Morgan fingerprint density at radius 2 is 2.31 bits per heavy atom. The smallest absolute Gasteiger partial charge is 0.333 e. The number of ether oxygens (including phenoxy) is 1. The first-order valence-electron chi connectivity index (χ1n) is 5.43. The minimum absolute atomic E-state index is 0.279. The average Bonchev–Trinajstić information content (AvgIpc) is 2.66. The lowest BCUT2D eigenvalue weighted by Gasteiger charge is -2.09. The van der Waals surface area contributed by atoms with E-state index in [1.807, 2.05) is 4.57 Å². The van der Waals surface area contributed by atoms with Crippen LogP contribution in [0.15, 0.2) is 18.1 Å². The molecule has 0 aliphatic heterocycles. The van der Waals surface area contributed by atoms with Gasteiger partial charge in [-0.2, -0.15) is 0 Å². The number of rotatable bonds is 4. The van der Waals surface area contributed by atoms with Gasteiger partial charge in [-0.1, -0.05) is 0 Å². The maximum Gasteiger partial charge on any atom is 0.333 e. The molecule has 0 unspecified atom stereocenters. The van der Waals surface area contributed by atoms with Gasteiger partial charge in [0.25, 0.3) is 0 Å². The average molecular weight is 222 g/mol. The van der Waals surface area contributed by atoms with Crippen molar-refractivity contribution in [3.8, 4) is 0 Å². The van der Waals surface area contributed by atoms with Crippen molar-refractivity contribution in [3.05, 3.63) is 23.8 Å². The molecule has 88 valence electrons. The maximum atomic E-state index is 11.4. The molecule has 0 atom stereocenters. The van der Waals surface area contributed by atoms with Crippen LogP contribution in [0, 0.1) is 0 Å². The molecule has 1 heterocycles. The Hall–Kier alpha value is -1.58. The minimum Gasteiger partial charge on any atom is -0.463 e. The third-order valence-corrected chi connectivity index (χ3v) is 2.21. The van der Waals surface area contributed by atoms with Crippen LogP contribution < -0.4 is 0 Å². The Balaban J connectivity index is 2.89. The van der Waals surface area contributed by atoms with E-state index in [2.05, 4.69) is 18.8 Å². The van der Waals surface area contributed by atoms with E-state index in [9.17, 15) is 4.79 Å². The van der Waals surface area contributed by atoms with Crippen LogP contribution in [0.1, 0.15) is 39.4 Å². The predicted molar refractivity (Wildman–Crippen MR) is 62.9 cm³/mol. The molecule has 1 aromatic heterocycles. The second-order valence-corrected chi connectivity index (χ2v) is 3.87. The third kappa shape index (κ3) is 2.95. The number of carbonyl (C=O) groups excluding carboxylic acids is 1. The summed E-state index contributed by atoms with van der Waals surface area (Å²) < 4.78 is 6.92. The molecule has 0 aromatic carbocycles. The highest BCUT2D eigenvalue weighted by molar-refractivity contribution is 5.92. The summed E-state index contributed by atoms with van der Waals surface area (Å²) in [6, 6.07) is 0.323. The highest BCUT2D eigenvalue weighted by Crippen LogP contribution is 2.13. The van der Waals surface area contributed by atoms with Crippen molar-refractivity contribution >= 4 is 12.0 Å². The van der Waals surface area contributed by atoms with Crippen LogP contribution in [-0.2, 0) is 9.53 Å². The van der Waals surface area contributed by atoms with E-state index >= 15 is 0 Å². The second kappa shape index (κ2) is 5.49. The number of carbonyl (C=O) groups is 1. The summed E-state index contributed by atoms with van der Waals surface area (Å²) in [4.78, 5) is 15.5. The summed E-state index contributed by atoms with van der Waals surface area (Å²) in [6.07, 6.45) is 5.29. The number of esters is 1. The fraction of sp³-hybridized carbons (Fsp3) is 0.500. The first kappa shape index (κ1) is 12.5. The lowest BCUT2D eigenvalue weighted by molar-refractivity contribution is -0.138. The number of hydrogen-bond donors (Lipinski definition) is 0. The molecule has 0 fully saturated rings. The molecule has 4 nitrogen and oxygen atoms in total. The Bertz CT molecular complexity index is 391. The van der Waals surface area contributed by atoms with E-state index < -0.39 is 0 Å². The highest BCUT2D eigenvalue weighted by atomic mass is 16.5. The summed E-state index contributed by atoms with van der Waals surface area (Å²) in [5.41, 5.74) is 1.50. The summed E-state index contributed by atoms with van der Waals surface area (Å²) in [5.74, 6) is -0.279. The SMILES string of the molecule is CCOC(=O)C(C)=Cc1cncn1C(C)C. The van der Waals surface area contributed by atoms with Crippen LogP contribution in [0.4, 0.5) is 0 Å². The molecular formula is C12H18N2O2. The molecular weight excluding hydrogens is 204 g/mol. The van der Waals surface area contributed by atoms with E-state index in [4.69, 9.17) is 4.74 Å². The normalized spacial score (nSPS) is 11.9. The van der Waals surface area contributed by atoms with Gasteiger partial charge in [-0.25, -0.2) is 9.78 Å². The van der Waals surface area contributed by atoms with E-state index in [0.717, 1.165) is 5.69 Å². The quantitative estimate of drug-likeness (QED) is 0.580. The monoisotopic (exact) mass is 222 g/mol. The predicted octanol–water partition coefficient (Wildman–Crippen LogP) is 2.43. The summed E-state index contributed by atoms with van der Waals surface area (Å²) >= 11 is 0. The van der Waals surface area contributed by atoms with Gasteiger partial charge in [-0.3, -0.25) is 0 Å². The van der Waals surface area contributed by atoms with Gasteiger partial charge < -0.3 is 9.30 Å². The highest BCUT2D eigenvalue weighted by Gasteiger charge is 2.08. The first-order valence-corrected chi connectivity index (χ1v) is 5.43. The van der Waals surface area contributed by atoms with Crippen molar-refractivity contribution in [1.82, 2.24) is 9.55 Å². The zero-order chi connectivity index (χ0) is 12.1. The van der Waals surface area contributed by atoms with E-state index in [-0.39, 0.29) is 5.97 Å². The van der Waals surface area contributed by atoms with Crippen molar-refractivity contribution in [2.24, 2.45) is 0 Å². The number of imidazole rings is 1. The summed E-state index contributed by atoms with van der Waals surface area (Å²) in [7, 11) is 0. The Morgan fingerprint density at radius 3 is 2.88 bits per heavy atom. The van der Waals surface area contributed by atoms with E-state index in [0.29, 0.717) is 18.2 Å². The van der Waals surface area contributed by atoms with Gasteiger partial charge in [0.1, 0.15) is 0 Å². The van der Waals surface area contributed by atoms with Crippen LogP contribution in [0.5, 0.6) is 0 Å². The van der Waals surface area contributed by atoms with Gasteiger partial charge in [-0.05, 0) is 33.8 Å². The zero-order valence-corrected chi connectivity index (χ0v) is 10.2. The van der Waals surface area contributed by atoms with Crippen molar-refractivity contribution in [2.75, 3.05) is 6.61 Å². The van der Waals surface area contributed by atoms with Gasteiger partial charge >= 0.3 is 5.97 Å². The Labute approximate surface area is 95.9 Å². The molecule has 0 aliphatic carbocycles. The zero-order valence-electron chi connectivity index (χ0n) is 10.2. The molecule has 0 spiro atoms. The minimum atomic E-state index is -0.279. The molecule has 1 rings (SSSR count). The van der Waals surface area contributed by atoms with Crippen molar-refractivity contribution in [2.45, 2.75) is 33.7 Å². The molecule has 0 radical (unpaired) electrons. The molecule has 0 N–H and O–H groups in total. The lowest BCUT2D eigenvalue weighted by Crippen LogP contribution is -2.06. The standard InChI is InChI=1S/C12H18N2O2/c1-5-16-12(15)10(4)6-11-7-13-8-14(11)9(2)3/h6-9H,5H2,1-4H3. The molecule has 0 saturated carbocycles. The van der Waals surface area contributed by atoms with E-state index in [1.54, 1.807) is 32.4 Å². The fourth-order valence-corrected chi connectivity index (χ4v) is 1.38. The summed E-state index contributed by atoms with van der Waals surface area (Å²) in [5, 5.41) is 0. The lowest BCUT2D eigenvalue weighted by atomic mass is 10.2. The van der Waals surface area contributed by atoms with Gasteiger partial charge in [0.05, 0.1) is 24.8 Å². The van der Waals surface area contributed by atoms with Gasteiger partial charge in [0.2, 0.25) is 0 Å². The largest absolute Gasteiger partial charge is 0.463 e. The third-order valence-electron chi connectivity index (χ3n) is 2.21. The fourth-order valence-electron chi connectivity index (χ4n) is 1.38. The number of nitrogens with zero attached hydrogens (tertiary/aromatic N) is 2. The maximum absolute atomic E-state index is 11.4. The topological polar surface area (TPSA) is 44.1 Å². The molecule has 0 saturated heterocycles. The van der Waals surface area contributed by atoms with Crippen LogP contribution in [-0.4, -0.2) is 22.1 Å². The molecule has 16 heavy (non-hydrogen) atoms. The van der Waals surface area contributed by atoms with Crippen LogP contribution in [0.25, 0.3) is 6.08 Å². The van der Waals surface area contributed by atoms with Gasteiger partial charge in [0, 0.05) is 11.6 Å². The van der Waals surface area contributed by atoms with Crippen molar-refractivity contribution < 1.29 is 9.53 Å².